The van der Waals surface area contributed by atoms with E-state index in [2.05, 4.69) is 12.2 Å². The highest BCUT2D eigenvalue weighted by molar-refractivity contribution is 6.01. The van der Waals surface area contributed by atoms with Crippen molar-refractivity contribution in [2.75, 3.05) is 5.32 Å². The standard InChI is InChI=1S/C17H15F2NO2/c1-10-8-13(10)16-6-3-12(22-16)4-7-17(21)20-11-2-5-14(18)15(19)9-11/h2-7,9-10,13H,8H2,1H3,(H,20,21)/b7-4+. The number of rotatable bonds is 4. The van der Waals surface area contributed by atoms with Gasteiger partial charge in [0.25, 0.3) is 0 Å². The van der Waals surface area contributed by atoms with Crippen molar-refractivity contribution in [1.82, 2.24) is 0 Å². The van der Waals surface area contributed by atoms with E-state index in [1.54, 1.807) is 6.08 Å². The number of furan rings is 1. The average molecular weight is 303 g/mol. The number of hydrogen-bond donors (Lipinski definition) is 1. The zero-order valence-corrected chi connectivity index (χ0v) is 12.0. The molecule has 22 heavy (non-hydrogen) atoms. The molecule has 2 unspecified atom stereocenters. The summed E-state index contributed by atoms with van der Waals surface area (Å²) in [5, 5.41) is 2.46. The third-order valence-corrected chi connectivity index (χ3v) is 3.71. The summed E-state index contributed by atoms with van der Waals surface area (Å²) < 4.78 is 31.5. The summed E-state index contributed by atoms with van der Waals surface area (Å²) in [6.07, 6.45) is 3.97. The van der Waals surface area contributed by atoms with Crippen molar-refractivity contribution in [2.45, 2.75) is 19.3 Å². The van der Waals surface area contributed by atoms with E-state index in [1.165, 1.54) is 12.1 Å². The Morgan fingerprint density at radius 3 is 2.73 bits per heavy atom. The van der Waals surface area contributed by atoms with Crippen LogP contribution in [0.15, 0.2) is 40.8 Å². The molecule has 2 atom stereocenters. The van der Waals surface area contributed by atoms with Crippen LogP contribution in [0.1, 0.15) is 30.8 Å². The predicted molar refractivity (Wildman–Crippen MR) is 79.3 cm³/mol. The Morgan fingerprint density at radius 2 is 2.05 bits per heavy atom. The van der Waals surface area contributed by atoms with Crippen molar-refractivity contribution in [2.24, 2.45) is 5.92 Å². The molecule has 1 aromatic carbocycles. The third-order valence-electron chi connectivity index (χ3n) is 3.71. The minimum atomic E-state index is -1.00. The Morgan fingerprint density at radius 1 is 1.27 bits per heavy atom. The van der Waals surface area contributed by atoms with Crippen LogP contribution >= 0.6 is 0 Å². The lowest BCUT2D eigenvalue weighted by Gasteiger charge is -2.02. The van der Waals surface area contributed by atoms with Gasteiger partial charge in [-0.15, -0.1) is 0 Å². The zero-order valence-electron chi connectivity index (χ0n) is 12.0. The van der Waals surface area contributed by atoms with Crippen LogP contribution < -0.4 is 5.32 Å². The molecule has 1 aliphatic rings. The lowest BCUT2D eigenvalue weighted by molar-refractivity contribution is -0.111. The van der Waals surface area contributed by atoms with Crippen LogP contribution in [0.2, 0.25) is 0 Å². The van der Waals surface area contributed by atoms with E-state index in [-0.39, 0.29) is 5.69 Å². The van der Waals surface area contributed by atoms with Gasteiger partial charge in [0, 0.05) is 23.7 Å². The number of amides is 1. The highest BCUT2D eigenvalue weighted by Crippen LogP contribution is 2.47. The van der Waals surface area contributed by atoms with Gasteiger partial charge in [0.05, 0.1) is 0 Å². The maximum atomic E-state index is 13.0. The number of benzene rings is 1. The molecule has 1 saturated carbocycles. The summed E-state index contributed by atoms with van der Waals surface area (Å²) in [7, 11) is 0. The fourth-order valence-electron chi connectivity index (χ4n) is 2.29. The van der Waals surface area contributed by atoms with Gasteiger partial charge in [0.1, 0.15) is 11.5 Å². The second-order valence-electron chi connectivity index (χ2n) is 5.51. The minimum absolute atomic E-state index is 0.195. The number of anilines is 1. The third kappa shape index (κ3) is 3.24. The van der Waals surface area contributed by atoms with Gasteiger partial charge in [0.15, 0.2) is 11.6 Å². The first-order valence-corrected chi connectivity index (χ1v) is 7.07. The SMILES string of the molecule is CC1CC1c1ccc(/C=C/C(=O)Nc2ccc(F)c(F)c2)o1. The van der Waals surface area contributed by atoms with E-state index < -0.39 is 17.5 Å². The van der Waals surface area contributed by atoms with Gasteiger partial charge in [-0.25, -0.2) is 8.78 Å². The van der Waals surface area contributed by atoms with Gasteiger partial charge < -0.3 is 9.73 Å². The van der Waals surface area contributed by atoms with Crippen LogP contribution in [-0.2, 0) is 4.79 Å². The molecule has 1 aliphatic carbocycles. The zero-order chi connectivity index (χ0) is 15.7. The first-order chi connectivity index (χ1) is 10.5. The topological polar surface area (TPSA) is 42.2 Å². The van der Waals surface area contributed by atoms with Crippen LogP contribution in [0.3, 0.4) is 0 Å². The Bertz CT molecular complexity index is 736. The summed E-state index contributed by atoms with van der Waals surface area (Å²) in [5.74, 6) is 0.270. The molecule has 1 amide bonds. The first kappa shape index (κ1) is 14.5. The molecule has 0 radical (unpaired) electrons. The van der Waals surface area contributed by atoms with Crippen LogP contribution in [0.4, 0.5) is 14.5 Å². The van der Waals surface area contributed by atoms with Crippen molar-refractivity contribution < 1.29 is 18.0 Å². The fourth-order valence-corrected chi connectivity index (χ4v) is 2.29. The number of halogens is 2. The highest BCUT2D eigenvalue weighted by atomic mass is 19.2. The first-order valence-electron chi connectivity index (χ1n) is 7.07. The molecular formula is C17H15F2NO2. The fraction of sp³-hybridized carbons (Fsp3) is 0.235. The number of carbonyl (C=O) groups excluding carboxylic acids is 1. The van der Waals surface area contributed by atoms with Crippen molar-refractivity contribution in [3.05, 3.63) is 59.6 Å². The molecule has 1 aromatic heterocycles. The molecule has 3 rings (SSSR count). The predicted octanol–water partition coefficient (Wildman–Crippen LogP) is 4.33. The Hall–Kier alpha value is -2.43. The van der Waals surface area contributed by atoms with E-state index in [1.807, 2.05) is 12.1 Å². The second kappa shape index (κ2) is 5.75. The molecule has 1 heterocycles. The van der Waals surface area contributed by atoms with Gasteiger partial charge in [-0.3, -0.25) is 4.79 Å². The number of nitrogens with one attached hydrogen (secondary N) is 1. The Balaban J connectivity index is 1.61. The summed E-state index contributed by atoms with van der Waals surface area (Å²) in [6.45, 7) is 2.16. The smallest absolute Gasteiger partial charge is 0.248 e. The van der Waals surface area contributed by atoms with Crippen molar-refractivity contribution in [3.63, 3.8) is 0 Å². The van der Waals surface area contributed by atoms with Gasteiger partial charge >= 0.3 is 0 Å². The number of carbonyl (C=O) groups is 1. The lowest BCUT2D eigenvalue weighted by atomic mass is 10.3. The van der Waals surface area contributed by atoms with Gasteiger partial charge in [-0.2, -0.15) is 0 Å². The molecule has 0 bridgehead atoms. The normalized spacial score (nSPS) is 20.3. The Labute approximate surface area is 126 Å². The molecule has 1 fully saturated rings. The maximum absolute atomic E-state index is 13.0. The van der Waals surface area contributed by atoms with E-state index in [9.17, 15) is 13.6 Å². The quantitative estimate of drug-likeness (QED) is 0.854. The maximum Gasteiger partial charge on any atom is 0.248 e. The summed E-state index contributed by atoms with van der Waals surface area (Å²) in [6, 6.07) is 6.91. The van der Waals surface area contributed by atoms with E-state index in [0.29, 0.717) is 17.6 Å². The molecule has 5 heteroatoms. The Kier molecular flexibility index (Phi) is 3.79. The van der Waals surface area contributed by atoms with Crippen molar-refractivity contribution in [1.29, 1.82) is 0 Å². The molecule has 3 nitrogen and oxygen atoms in total. The van der Waals surface area contributed by atoms with Crippen molar-refractivity contribution in [3.8, 4) is 0 Å². The van der Waals surface area contributed by atoms with E-state index >= 15 is 0 Å². The summed E-state index contributed by atoms with van der Waals surface area (Å²) >= 11 is 0. The van der Waals surface area contributed by atoms with Crippen LogP contribution in [0, 0.1) is 17.6 Å². The molecule has 0 saturated heterocycles. The lowest BCUT2D eigenvalue weighted by Crippen LogP contribution is -2.08. The highest BCUT2D eigenvalue weighted by Gasteiger charge is 2.36. The molecule has 0 aliphatic heterocycles. The summed E-state index contributed by atoms with van der Waals surface area (Å²) in [5.41, 5.74) is 0.195. The minimum Gasteiger partial charge on any atom is -0.461 e. The van der Waals surface area contributed by atoms with Crippen LogP contribution in [-0.4, -0.2) is 5.91 Å². The molecule has 114 valence electrons. The van der Waals surface area contributed by atoms with E-state index in [0.717, 1.165) is 24.3 Å². The van der Waals surface area contributed by atoms with Gasteiger partial charge in [-0.05, 0) is 42.7 Å². The molecule has 2 aromatic rings. The van der Waals surface area contributed by atoms with Crippen molar-refractivity contribution >= 4 is 17.7 Å². The summed E-state index contributed by atoms with van der Waals surface area (Å²) in [4.78, 5) is 11.7. The van der Waals surface area contributed by atoms with Crippen LogP contribution in [0.5, 0.6) is 0 Å². The van der Waals surface area contributed by atoms with Gasteiger partial charge in [-0.1, -0.05) is 6.92 Å². The van der Waals surface area contributed by atoms with Gasteiger partial charge in [0.2, 0.25) is 5.91 Å². The number of hydrogen-bond acceptors (Lipinski definition) is 2. The molecule has 1 N–H and O–H groups in total. The molecule has 0 spiro atoms. The second-order valence-corrected chi connectivity index (χ2v) is 5.51. The van der Waals surface area contributed by atoms with Crippen LogP contribution in [0.25, 0.3) is 6.08 Å². The van der Waals surface area contributed by atoms with E-state index in [4.69, 9.17) is 4.42 Å². The monoisotopic (exact) mass is 303 g/mol. The average Bonchev–Trinajstić information content (AvgIpc) is 3.02. The molecular weight excluding hydrogens is 288 g/mol. The largest absolute Gasteiger partial charge is 0.461 e.